The smallest absolute Gasteiger partial charge is 0.303 e. The Morgan fingerprint density at radius 2 is 2.12 bits per heavy atom. The number of carboxylic acids is 1. The van der Waals surface area contributed by atoms with Gasteiger partial charge in [0.1, 0.15) is 11.6 Å². The number of halogens is 2. The van der Waals surface area contributed by atoms with Gasteiger partial charge in [0.25, 0.3) is 0 Å². The topological polar surface area (TPSA) is 63.3 Å². The van der Waals surface area contributed by atoms with Gasteiger partial charge in [0.15, 0.2) is 0 Å². The van der Waals surface area contributed by atoms with E-state index < -0.39 is 29.6 Å². The Bertz CT molecular complexity index is 396. The summed E-state index contributed by atoms with van der Waals surface area (Å²) in [6.45, 7) is 1.59. The van der Waals surface area contributed by atoms with Crippen molar-refractivity contribution < 1.29 is 18.7 Å². The van der Waals surface area contributed by atoms with Crippen molar-refractivity contribution in [3.63, 3.8) is 0 Å². The van der Waals surface area contributed by atoms with Crippen molar-refractivity contribution >= 4 is 5.97 Å². The molecule has 0 saturated carbocycles. The van der Waals surface area contributed by atoms with E-state index >= 15 is 0 Å². The van der Waals surface area contributed by atoms with Crippen LogP contribution in [0, 0.1) is 17.6 Å². The molecule has 0 saturated heterocycles. The summed E-state index contributed by atoms with van der Waals surface area (Å²) < 4.78 is 26.2. The van der Waals surface area contributed by atoms with Gasteiger partial charge in [-0.25, -0.2) is 8.78 Å². The van der Waals surface area contributed by atoms with Crippen molar-refractivity contribution in [3.8, 4) is 0 Å². The van der Waals surface area contributed by atoms with Crippen molar-refractivity contribution in [2.24, 2.45) is 11.7 Å². The van der Waals surface area contributed by atoms with E-state index in [1.165, 1.54) is 0 Å². The molecule has 0 aromatic heterocycles. The fourth-order valence-electron chi connectivity index (χ4n) is 1.48. The highest BCUT2D eigenvalue weighted by atomic mass is 19.1. The molecular weight excluding hydrogens is 216 g/mol. The van der Waals surface area contributed by atoms with Crippen molar-refractivity contribution in [3.05, 3.63) is 35.4 Å². The Hall–Kier alpha value is -1.49. The number of carboxylic acid groups (broad SMARTS) is 1. The maximum Gasteiger partial charge on any atom is 0.303 e. The fraction of sp³-hybridized carbons (Fsp3) is 0.364. The van der Waals surface area contributed by atoms with Gasteiger partial charge >= 0.3 is 5.97 Å². The molecule has 1 aromatic rings. The number of aliphatic carboxylic acids is 1. The van der Waals surface area contributed by atoms with E-state index in [1.807, 2.05) is 0 Å². The summed E-state index contributed by atoms with van der Waals surface area (Å²) in [4.78, 5) is 10.5. The minimum atomic E-state index is -1.01. The predicted octanol–water partition coefficient (Wildman–Crippen LogP) is 2.08. The highest BCUT2D eigenvalue weighted by Gasteiger charge is 2.21. The lowest BCUT2D eigenvalue weighted by Crippen LogP contribution is -2.22. The van der Waals surface area contributed by atoms with E-state index in [4.69, 9.17) is 10.8 Å². The molecular formula is C11H13F2NO2. The molecule has 0 aliphatic carbocycles. The minimum Gasteiger partial charge on any atom is -0.481 e. The number of carbonyl (C=O) groups is 1. The maximum absolute atomic E-state index is 13.3. The van der Waals surface area contributed by atoms with Crippen LogP contribution in [0.2, 0.25) is 0 Å². The number of hydrogen-bond donors (Lipinski definition) is 2. The van der Waals surface area contributed by atoms with E-state index in [9.17, 15) is 13.6 Å². The second-order valence-corrected chi connectivity index (χ2v) is 3.77. The third kappa shape index (κ3) is 3.00. The van der Waals surface area contributed by atoms with Gasteiger partial charge < -0.3 is 10.8 Å². The fourth-order valence-corrected chi connectivity index (χ4v) is 1.48. The van der Waals surface area contributed by atoms with Gasteiger partial charge in [-0.1, -0.05) is 6.92 Å². The first kappa shape index (κ1) is 12.6. The zero-order valence-electron chi connectivity index (χ0n) is 8.78. The summed E-state index contributed by atoms with van der Waals surface area (Å²) in [5, 5.41) is 8.58. The van der Waals surface area contributed by atoms with Crippen LogP contribution in [-0.2, 0) is 4.79 Å². The highest BCUT2D eigenvalue weighted by Crippen LogP contribution is 2.24. The van der Waals surface area contributed by atoms with Gasteiger partial charge in [0.2, 0.25) is 0 Å². The van der Waals surface area contributed by atoms with E-state index in [1.54, 1.807) is 6.92 Å². The molecule has 5 heteroatoms. The van der Waals surface area contributed by atoms with Gasteiger partial charge in [0, 0.05) is 18.0 Å². The first-order valence-electron chi connectivity index (χ1n) is 4.84. The molecule has 0 bridgehead atoms. The largest absolute Gasteiger partial charge is 0.481 e. The molecule has 0 heterocycles. The summed E-state index contributed by atoms with van der Waals surface area (Å²) >= 11 is 0. The van der Waals surface area contributed by atoms with Gasteiger partial charge in [-0.15, -0.1) is 0 Å². The van der Waals surface area contributed by atoms with Crippen LogP contribution in [0.1, 0.15) is 24.9 Å². The van der Waals surface area contributed by atoms with Crippen LogP contribution < -0.4 is 5.73 Å². The Labute approximate surface area is 91.9 Å². The van der Waals surface area contributed by atoms with Crippen molar-refractivity contribution in [1.29, 1.82) is 0 Å². The Morgan fingerprint density at radius 3 is 2.69 bits per heavy atom. The van der Waals surface area contributed by atoms with E-state index in [2.05, 4.69) is 0 Å². The van der Waals surface area contributed by atoms with Crippen LogP contribution >= 0.6 is 0 Å². The zero-order chi connectivity index (χ0) is 12.3. The first-order chi connectivity index (χ1) is 7.41. The Kier molecular flexibility index (Phi) is 3.95. The molecule has 0 fully saturated rings. The summed E-state index contributed by atoms with van der Waals surface area (Å²) in [5.41, 5.74) is 5.69. The lowest BCUT2D eigenvalue weighted by atomic mass is 9.92. The lowest BCUT2D eigenvalue weighted by molar-refractivity contribution is -0.138. The molecule has 0 radical (unpaired) electrons. The Morgan fingerprint density at radius 1 is 1.50 bits per heavy atom. The molecule has 2 atom stereocenters. The molecule has 1 rings (SSSR count). The van der Waals surface area contributed by atoms with Crippen LogP contribution in [0.15, 0.2) is 18.2 Å². The SMILES string of the molecule is CC(CC(=O)O)C(N)c1cc(F)ccc1F. The lowest BCUT2D eigenvalue weighted by Gasteiger charge is -2.19. The molecule has 0 spiro atoms. The molecule has 3 N–H and O–H groups in total. The molecule has 3 nitrogen and oxygen atoms in total. The van der Waals surface area contributed by atoms with Crippen LogP contribution in [0.3, 0.4) is 0 Å². The van der Waals surface area contributed by atoms with Gasteiger partial charge in [0.05, 0.1) is 0 Å². The average Bonchev–Trinajstić information content (AvgIpc) is 2.19. The van der Waals surface area contributed by atoms with E-state index in [0.717, 1.165) is 18.2 Å². The van der Waals surface area contributed by atoms with Crippen LogP contribution in [0.25, 0.3) is 0 Å². The molecule has 16 heavy (non-hydrogen) atoms. The number of nitrogens with two attached hydrogens (primary N) is 1. The molecule has 0 aliphatic rings. The van der Waals surface area contributed by atoms with Gasteiger partial charge in [-0.05, 0) is 24.1 Å². The number of hydrogen-bond acceptors (Lipinski definition) is 2. The van der Waals surface area contributed by atoms with Crippen molar-refractivity contribution in [2.45, 2.75) is 19.4 Å². The highest BCUT2D eigenvalue weighted by molar-refractivity contribution is 5.67. The van der Waals surface area contributed by atoms with E-state index in [-0.39, 0.29) is 12.0 Å². The van der Waals surface area contributed by atoms with Gasteiger partial charge in [-0.3, -0.25) is 4.79 Å². The molecule has 88 valence electrons. The monoisotopic (exact) mass is 229 g/mol. The van der Waals surface area contributed by atoms with Gasteiger partial charge in [-0.2, -0.15) is 0 Å². The summed E-state index contributed by atoms with van der Waals surface area (Å²) in [6, 6.07) is 2.15. The third-order valence-corrected chi connectivity index (χ3v) is 2.43. The standard InChI is InChI=1S/C11H13F2NO2/c1-6(4-10(15)16)11(14)8-5-7(12)2-3-9(8)13/h2-3,5-6,11H,4,14H2,1H3,(H,15,16). The van der Waals surface area contributed by atoms with Crippen LogP contribution in [0.4, 0.5) is 8.78 Å². The molecule has 0 aliphatic heterocycles. The summed E-state index contributed by atoms with van der Waals surface area (Å²) in [7, 11) is 0. The quantitative estimate of drug-likeness (QED) is 0.830. The van der Waals surface area contributed by atoms with E-state index in [0.29, 0.717) is 0 Å². The first-order valence-corrected chi connectivity index (χ1v) is 4.84. The van der Waals surface area contributed by atoms with Crippen molar-refractivity contribution in [1.82, 2.24) is 0 Å². The minimum absolute atomic E-state index is 0.00810. The summed E-state index contributed by atoms with van der Waals surface area (Å²) in [5.74, 6) is -2.69. The van der Waals surface area contributed by atoms with Crippen molar-refractivity contribution in [2.75, 3.05) is 0 Å². The maximum atomic E-state index is 13.3. The van der Waals surface area contributed by atoms with Crippen LogP contribution in [-0.4, -0.2) is 11.1 Å². The third-order valence-electron chi connectivity index (χ3n) is 2.43. The zero-order valence-corrected chi connectivity index (χ0v) is 8.78. The number of rotatable bonds is 4. The Balaban J connectivity index is 2.90. The second-order valence-electron chi connectivity index (χ2n) is 3.77. The van der Waals surface area contributed by atoms with Crippen LogP contribution in [0.5, 0.6) is 0 Å². The predicted molar refractivity (Wildman–Crippen MR) is 54.7 cm³/mol. The molecule has 0 amide bonds. The molecule has 2 unspecified atom stereocenters. The molecule has 1 aromatic carbocycles. The number of benzene rings is 1. The normalized spacial score (nSPS) is 14.5. The summed E-state index contributed by atoms with van der Waals surface area (Å²) in [6.07, 6.45) is -0.183. The average molecular weight is 229 g/mol. The second kappa shape index (κ2) is 5.03.